The van der Waals surface area contributed by atoms with E-state index in [1.165, 1.54) is 5.56 Å². The van der Waals surface area contributed by atoms with Crippen molar-refractivity contribution in [2.24, 2.45) is 0 Å². The molecule has 4 nitrogen and oxygen atoms in total. The van der Waals surface area contributed by atoms with Crippen LogP contribution in [0.4, 0.5) is 5.69 Å². The summed E-state index contributed by atoms with van der Waals surface area (Å²) in [7, 11) is 0. The molecule has 1 unspecified atom stereocenters. The fourth-order valence-electron chi connectivity index (χ4n) is 2.69. The molecule has 0 aliphatic carbocycles. The van der Waals surface area contributed by atoms with Crippen molar-refractivity contribution in [3.63, 3.8) is 0 Å². The number of alkyl halides is 1. The van der Waals surface area contributed by atoms with Crippen LogP contribution in [0.2, 0.25) is 0 Å². The number of benzene rings is 1. The standard InChI is InChI=1S/C17H19IN2O2S2/c1-23-16-14-13(3-2-12(8-18)15(14)20-17(16)21)22-6-5-19-9-11-4-7-24-10-11/h2-4,7,10,16,19H,5-6,8-9H2,1H3,(H,20,21). The SMILES string of the molecule is CSC1C(=O)Nc2c(CI)ccc(OCCNCc3ccsc3)c21. The van der Waals surface area contributed by atoms with E-state index in [1.807, 2.05) is 18.4 Å². The van der Waals surface area contributed by atoms with Gasteiger partial charge in [-0.2, -0.15) is 11.3 Å². The van der Waals surface area contributed by atoms with Crippen LogP contribution in [0.15, 0.2) is 29.0 Å². The van der Waals surface area contributed by atoms with Gasteiger partial charge in [0.1, 0.15) is 17.6 Å². The zero-order chi connectivity index (χ0) is 16.9. The van der Waals surface area contributed by atoms with E-state index in [9.17, 15) is 4.79 Å². The Kier molecular flexibility index (Phi) is 6.43. The molecule has 0 fully saturated rings. The van der Waals surface area contributed by atoms with Gasteiger partial charge in [-0.3, -0.25) is 4.79 Å². The normalized spacial score (nSPS) is 16.1. The van der Waals surface area contributed by atoms with Gasteiger partial charge >= 0.3 is 0 Å². The minimum atomic E-state index is -0.184. The number of hydrogen-bond acceptors (Lipinski definition) is 5. The molecule has 2 heterocycles. The summed E-state index contributed by atoms with van der Waals surface area (Å²) < 4.78 is 6.85. The van der Waals surface area contributed by atoms with E-state index in [1.54, 1.807) is 23.1 Å². The molecule has 24 heavy (non-hydrogen) atoms. The molecule has 3 rings (SSSR count). The summed E-state index contributed by atoms with van der Waals surface area (Å²) in [6.07, 6.45) is 1.96. The molecular weight excluding hydrogens is 455 g/mol. The van der Waals surface area contributed by atoms with Crippen molar-refractivity contribution in [2.45, 2.75) is 16.2 Å². The van der Waals surface area contributed by atoms with E-state index in [4.69, 9.17) is 4.74 Å². The molecule has 0 bridgehead atoms. The maximum absolute atomic E-state index is 12.2. The summed E-state index contributed by atoms with van der Waals surface area (Å²) >= 11 is 5.58. The molecule has 1 amide bonds. The van der Waals surface area contributed by atoms with Crippen LogP contribution in [0.25, 0.3) is 0 Å². The van der Waals surface area contributed by atoms with Gasteiger partial charge in [-0.05, 0) is 40.3 Å². The number of halogens is 1. The molecule has 1 atom stereocenters. The number of fused-ring (bicyclic) bond motifs is 1. The van der Waals surface area contributed by atoms with Crippen molar-refractivity contribution >= 4 is 57.3 Å². The van der Waals surface area contributed by atoms with Crippen molar-refractivity contribution in [2.75, 3.05) is 24.7 Å². The van der Waals surface area contributed by atoms with E-state index in [2.05, 4.69) is 50.1 Å². The third-order valence-electron chi connectivity index (χ3n) is 3.87. The second-order valence-electron chi connectivity index (χ2n) is 5.41. The summed E-state index contributed by atoms with van der Waals surface area (Å²) in [4.78, 5) is 12.2. The highest BCUT2D eigenvalue weighted by Gasteiger charge is 2.34. The van der Waals surface area contributed by atoms with Crippen LogP contribution >= 0.6 is 45.7 Å². The molecule has 0 saturated heterocycles. The lowest BCUT2D eigenvalue weighted by molar-refractivity contribution is -0.115. The third kappa shape index (κ3) is 3.89. The van der Waals surface area contributed by atoms with Gasteiger partial charge in [0.05, 0.1) is 5.69 Å². The number of carbonyl (C=O) groups is 1. The molecule has 7 heteroatoms. The summed E-state index contributed by atoms with van der Waals surface area (Å²) in [5.74, 6) is 0.865. The number of carbonyl (C=O) groups excluding carboxylic acids is 1. The molecule has 0 saturated carbocycles. The summed E-state index contributed by atoms with van der Waals surface area (Å²) in [6, 6.07) is 6.16. The molecule has 1 aromatic carbocycles. The molecule has 1 aliphatic rings. The molecule has 2 N–H and O–H groups in total. The van der Waals surface area contributed by atoms with Gasteiger partial charge in [0.15, 0.2) is 0 Å². The Hall–Kier alpha value is -0.770. The molecule has 1 aliphatic heterocycles. The van der Waals surface area contributed by atoms with Crippen molar-refractivity contribution in [1.29, 1.82) is 0 Å². The first-order valence-corrected chi connectivity index (χ1v) is 11.4. The quantitative estimate of drug-likeness (QED) is 0.342. The highest BCUT2D eigenvalue weighted by molar-refractivity contribution is 14.1. The van der Waals surface area contributed by atoms with Crippen LogP contribution in [-0.4, -0.2) is 25.3 Å². The highest BCUT2D eigenvalue weighted by atomic mass is 127. The Morgan fingerprint density at radius 1 is 1.42 bits per heavy atom. The Bertz CT molecular complexity index is 707. The van der Waals surface area contributed by atoms with Gasteiger partial charge in [-0.25, -0.2) is 0 Å². The number of ether oxygens (including phenoxy) is 1. The van der Waals surface area contributed by atoms with Gasteiger partial charge in [0.25, 0.3) is 0 Å². The number of amides is 1. The number of anilines is 1. The second-order valence-corrected chi connectivity index (χ2v) is 7.89. The first kappa shape index (κ1) is 18.0. The molecule has 128 valence electrons. The third-order valence-corrected chi connectivity index (χ3v) is 6.34. The van der Waals surface area contributed by atoms with E-state index in [0.29, 0.717) is 6.61 Å². The minimum absolute atomic E-state index is 0.0511. The Balaban J connectivity index is 1.63. The van der Waals surface area contributed by atoms with Crippen LogP contribution in [-0.2, 0) is 15.8 Å². The van der Waals surface area contributed by atoms with Crippen molar-refractivity contribution in [3.8, 4) is 5.75 Å². The summed E-state index contributed by atoms with van der Waals surface area (Å²) in [5, 5.41) is 10.4. The topological polar surface area (TPSA) is 50.4 Å². The predicted octanol–water partition coefficient (Wildman–Crippen LogP) is 4.21. The molecular formula is C17H19IN2O2S2. The number of hydrogen-bond donors (Lipinski definition) is 2. The molecule has 0 spiro atoms. The Labute approximate surface area is 163 Å². The average Bonchev–Trinajstić information content (AvgIpc) is 3.21. The monoisotopic (exact) mass is 474 g/mol. The zero-order valence-corrected chi connectivity index (χ0v) is 17.1. The predicted molar refractivity (Wildman–Crippen MR) is 111 cm³/mol. The average molecular weight is 474 g/mol. The smallest absolute Gasteiger partial charge is 0.242 e. The van der Waals surface area contributed by atoms with Crippen molar-refractivity contribution in [3.05, 3.63) is 45.6 Å². The number of thiophene rings is 1. The fourth-order valence-corrected chi connectivity index (χ4v) is 4.74. The lowest BCUT2D eigenvalue weighted by Gasteiger charge is -2.15. The largest absolute Gasteiger partial charge is 0.492 e. The maximum Gasteiger partial charge on any atom is 0.242 e. The zero-order valence-electron chi connectivity index (χ0n) is 13.3. The Morgan fingerprint density at radius 3 is 3.00 bits per heavy atom. The first-order valence-electron chi connectivity index (χ1n) is 7.64. The lowest BCUT2D eigenvalue weighted by atomic mass is 10.1. The number of thioether (sulfide) groups is 1. The van der Waals surface area contributed by atoms with Gasteiger partial charge in [-0.1, -0.05) is 28.7 Å². The van der Waals surface area contributed by atoms with E-state index in [0.717, 1.165) is 40.1 Å². The van der Waals surface area contributed by atoms with E-state index < -0.39 is 0 Å². The number of rotatable bonds is 8. The molecule has 1 aromatic heterocycles. The maximum atomic E-state index is 12.2. The Morgan fingerprint density at radius 2 is 2.29 bits per heavy atom. The molecule has 0 radical (unpaired) electrons. The van der Waals surface area contributed by atoms with Crippen LogP contribution < -0.4 is 15.4 Å². The molecule has 2 aromatic rings. The van der Waals surface area contributed by atoms with Gasteiger partial charge in [0, 0.05) is 23.1 Å². The second kappa shape index (κ2) is 8.55. The highest BCUT2D eigenvalue weighted by Crippen LogP contribution is 2.46. The van der Waals surface area contributed by atoms with E-state index in [-0.39, 0.29) is 11.2 Å². The lowest BCUT2D eigenvalue weighted by Crippen LogP contribution is -2.20. The number of nitrogens with one attached hydrogen (secondary N) is 2. The van der Waals surface area contributed by atoms with Gasteiger partial charge in [-0.15, -0.1) is 11.8 Å². The van der Waals surface area contributed by atoms with Crippen LogP contribution in [0.1, 0.15) is 21.9 Å². The van der Waals surface area contributed by atoms with Gasteiger partial charge < -0.3 is 15.4 Å². The first-order chi connectivity index (χ1) is 11.7. The van der Waals surface area contributed by atoms with Crippen LogP contribution in [0, 0.1) is 0 Å². The van der Waals surface area contributed by atoms with Crippen LogP contribution in [0.5, 0.6) is 5.75 Å². The fraction of sp³-hybridized carbons (Fsp3) is 0.353. The van der Waals surface area contributed by atoms with Crippen molar-refractivity contribution in [1.82, 2.24) is 5.32 Å². The van der Waals surface area contributed by atoms with E-state index >= 15 is 0 Å². The van der Waals surface area contributed by atoms with Crippen molar-refractivity contribution < 1.29 is 9.53 Å². The minimum Gasteiger partial charge on any atom is -0.492 e. The summed E-state index contributed by atoms with van der Waals surface area (Å²) in [6.45, 7) is 2.20. The van der Waals surface area contributed by atoms with Crippen LogP contribution in [0.3, 0.4) is 0 Å². The summed E-state index contributed by atoms with van der Waals surface area (Å²) in [5.41, 5.74) is 4.39. The van der Waals surface area contributed by atoms with Gasteiger partial charge in [0.2, 0.25) is 5.91 Å².